The lowest BCUT2D eigenvalue weighted by Gasteiger charge is -2.10. The molecular weight excluding hydrogens is 143 g/mol. The molecule has 0 saturated heterocycles. The van der Waals surface area contributed by atoms with Gasteiger partial charge in [-0.15, -0.1) is 8.20 Å². The first-order valence-corrected chi connectivity index (χ1v) is 4.96. The lowest BCUT2D eigenvalue weighted by molar-refractivity contribution is -0.116. The quantitative estimate of drug-likeness (QED) is 0.575. The van der Waals surface area contributed by atoms with Gasteiger partial charge < -0.3 is 0 Å². The molecule has 0 amide bonds. The maximum atomic E-state index is 11.1. The molecule has 0 bridgehead atoms. The maximum Gasteiger partial charge on any atom is 0.162 e. The highest BCUT2D eigenvalue weighted by molar-refractivity contribution is 7.40. The zero-order chi connectivity index (χ0) is 8.15. The van der Waals surface area contributed by atoms with Gasteiger partial charge in [0.25, 0.3) is 0 Å². The topological polar surface area (TPSA) is 17.1 Å². The first kappa shape index (κ1) is 9.84. The molecule has 0 aliphatic carbocycles. The van der Waals surface area contributed by atoms with Crippen LogP contribution in [0.15, 0.2) is 0 Å². The van der Waals surface area contributed by atoms with Crippen molar-refractivity contribution < 1.29 is 4.79 Å². The van der Waals surface area contributed by atoms with Crippen LogP contribution in [0.4, 0.5) is 0 Å². The largest absolute Gasteiger partial charge is 0.294 e. The minimum atomic E-state index is 0.187. The number of carbonyl (C=O) groups is 1. The Morgan fingerprint density at radius 3 is 2.20 bits per heavy atom. The lowest BCUT2D eigenvalue weighted by Crippen LogP contribution is -2.16. The molecule has 0 aliphatic rings. The van der Waals surface area contributed by atoms with Crippen LogP contribution in [-0.4, -0.2) is 18.2 Å². The molecule has 58 valence electrons. The number of hydrogen-bond acceptors (Lipinski definition) is 1. The minimum absolute atomic E-state index is 0.187. The molecule has 10 heavy (non-hydrogen) atoms. The Labute approximate surface area is 64.6 Å². The minimum Gasteiger partial charge on any atom is -0.294 e. The fourth-order valence-electron chi connectivity index (χ4n) is 0.573. The fourth-order valence-corrected chi connectivity index (χ4v) is 1.06. The molecular formula is C8H15OP. The molecule has 1 nitrogen and oxygen atoms in total. The normalized spacial score (nSPS) is 14.5. The SMILES string of the molecule is CP=CC(=O)C(C)C(C)C. The van der Waals surface area contributed by atoms with Crippen LogP contribution in [0.3, 0.4) is 0 Å². The van der Waals surface area contributed by atoms with Gasteiger partial charge in [0.2, 0.25) is 0 Å². The van der Waals surface area contributed by atoms with Crippen LogP contribution in [-0.2, 0) is 4.79 Å². The van der Waals surface area contributed by atoms with E-state index in [4.69, 9.17) is 0 Å². The number of ketones is 1. The van der Waals surface area contributed by atoms with Crippen LogP contribution in [0, 0.1) is 11.8 Å². The van der Waals surface area contributed by atoms with Crippen LogP contribution >= 0.6 is 8.20 Å². The molecule has 2 heteroatoms. The second-order valence-electron chi connectivity index (χ2n) is 2.82. The summed E-state index contributed by atoms with van der Waals surface area (Å²) in [6.45, 7) is 8.09. The summed E-state index contributed by atoms with van der Waals surface area (Å²) in [5.41, 5.74) is 0. The summed E-state index contributed by atoms with van der Waals surface area (Å²) in [5, 5.41) is 0. The second-order valence-corrected chi connectivity index (χ2v) is 3.60. The van der Waals surface area contributed by atoms with Crippen molar-refractivity contribution in [1.82, 2.24) is 0 Å². The Morgan fingerprint density at radius 1 is 1.40 bits per heavy atom. The van der Waals surface area contributed by atoms with Gasteiger partial charge in [0.1, 0.15) is 0 Å². The molecule has 0 radical (unpaired) electrons. The molecule has 0 heterocycles. The van der Waals surface area contributed by atoms with Crippen LogP contribution in [0.2, 0.25) is 0 Å². The van der Waals surface area contributed by atoms with Crippen molar-refractivity contribution in [2.75, 3.05) is 6.66 Å². The van der Waals surface area contributed by atoms with Gasteiger partial charge in [0.05, 0.1) is 0 Å². The van der Waals surface area contributed by atoms with Crippen molar-refractivity contribution in [3.05, 3.63) is 0 Å². The zero-order valence-electron chi connectivity index (χ0n) is 7.09. The van der Waals surface area contributed by atoms with E-state index in [-0.39, 0.29) is 11.7 Å². The number of hydrogen-bond donors (Lipinski definition) is 0. The summed E-state index contributed by atoms with van der Waals surface area (Å²) < 4.78 is 0. The summed E-state index contributed by atoms with van der Waals surface area (Å²) in [5.74, 6) is 2.67. The van der Waals surface area contributed by atoms with Gasteiger partial charge in [-0.2, -0.15) is 0 Å². The van der Waals surface area contributed by atoms with E-state index in [1.165, 1.54) is 0 Å². The Morgan fingerprint density at radius 2 is 1.90 bits per heavy atom. The van der Waals surface area contributed by atoms with E-state index < -0.39 is 0 Å². The Bertz CT molecular complexity index is 138. The lowest BCUT2D eigenvalue weighted by atomic mass is 9.95. The third-order valence-electron chi connectivity index (χ3n) is 1.71. The van der Waals surface area contributed by atoms with Gasteiger partial charge in [0.15, 0.2) is 5.78 Å². The molecule has 0 aromatic heterocycles. The van der Waals surface area contributed by atoms with Gasteiger partial charge in [-0.25, -0.2) is 0 Å². The van der Waals surface area contributed by atoms with E-state index in [0.29, 0.717) is 5.92 Å². The highest BCUT2D eigenvalue weighted by atomic mass is 31.1. The Hall–Kier alpha value is -0.160. The van der Waals surface area contributed by atoms with E-state index >= 15 is 0 Å². The molecule has 0 spiro atoms. The van der Waals surface area contributed by atoms with Gasteiger partial charge in [-0.3, -0.25) is 4.79 Å². The first-order chi connectivity index (χ1) is 4.59. The standard InChI is InChI=1S/C8H15OP/c1-6(2)7(3)8(9)5-10-4/h5-7H,1-4H3. The summed E-state index contributed by atoms with van der Waals surface area (Å²) >= 11 is 0. The molecule has 0 aromatic carbocycles. The third kappa shape index (κ3) is 3.12. The summed E-state index contributed by atoms with van der Waals surface area (Å²) in [6.07, 6.45) is 0. The number of Topliss-reactive ketones (excluding diaryl/α,β-unsaturated/α-hetero) is 1. The summed E-state index contributed by atoms with van der Waals surface area (Å²) in [4.78, 5) is 11.1. The molecule has 0 rings (SSSR count). The van der Waals surface area contributed by atoms with Crippen LogP contribution in [0.1, 0.15) is 20.8 Å². The molecule has 1 atom stereocenters. The molecule has 0 aliphatic heterocycles. The van der Waals surface area contributed by atoms with Crippen molar-refractivity contribution in [3.63, 3.8) is 0 Å². The van der Waals surface area contributed by atoms with E-state index in [2.05, 4.69) is 13.8 Å². The van der Waals surface area contributed by atoms with Gasteiger partial charge >= 0.3 is 0 Å². The second kappa shape index (κ2) is 4.62. The van der Waals surface area contributed by atoms with E-state index in [1.54, 1.807) is 5.80 Å². The monoisotopic (exact) mass is 158 g/mol. The van der Waals surface area contributed by atoms with E-state index in [0.717, 1.165) is 8.20 Å². The van der Waals surface area contributed by atoms with Gasteiger partial charge in [0, 0.05) is 11.7 Å². The highest BCUT2D eigenvalue weighted by Crippen LogP contribution is 2.10. The Kier molecular flexibility index (Phi) is 4.55. The van der Waals surface area contributed by atoms with Crippen LogP contribution in [0.5, 0.6) is 0 Å². The van der Waals surface area contributed by atoms with Crippen molar-refractivity contribution >= 4 is 19.8 Å². The summed E-state index contributed by atoms with van der Waals surface area (Å²) in [7, 11) is 1.06. The average Bonchev–Trinajstić information content (AvgIpc) is 1.87. The smallest absolute Gasteiger partial charge is 0.162 e. The van der Waals surface area contributed by atoms with Crippen molar-refractivity contribution in [1.29, 1.82) is 0 Å². The molecule has 0 aromatic rings. The van der Waals surface area contributed by atoms with Crippen LogP contribution < -0.4 is 0 Å². The van der Waals surface area contributed by atoms with Crippen LogP contribution in [0.25, 0.3) is 0 Å². The van der Waals surface area contributed by atoms with Crippen molar-refractivity contribution in [2.45, 2.75) is 20.8 Å². The van der Waals surface area contributed by atoms with Crippen molar-refractivity contribution in [3.8, 4) is 0 Å². The van der Waals surface area contributed by atoms with Crippen molar-refractivity contribution in [2.24, 2.45) is 11.8 Å². The fraction of sp³-hybridized carbons (Fsp3) is 0.750. The van der Waals surface area contributed by atoms with E-state index in [9.17, 15) is 4.79 Å². The highest BCUT2D eigenvalue weighted by Gasteiger charge is 2.12. The number of rotatable bonds is 3. The molecule has 0 saturated carbocycles. The van der Waals surface area contributed by atoms with E-state index in [1.807, 2.05) is 13.6 Å². The molecule has 0 fully saturated rings. The molecule has 1 unspecified atom stereocenters. The zero-order valence-corrected chi connectivity index (χ0v) is 7.98. The Balaban J connectivity index is 3.95. The number of carbonyl (C=O) groups excluding carboxylic acids is 1. The molecule has 0 N–H and O–H groups in total. The van der Waals surface area contributed by atoms with Gasteiger partial charge in [-0.05, 0) is 12.6 Å². The predicted octanol–water partition coefficient (Wildman–Crippen LogP) is 2.23. The maximum absolute atomic E-state index is 11.1. The summed E-state index contributed by atoms with van der Waals surface area (Å²) in [6, 6.07) is 0. The predicted molar refractivity (Wildman–Crippen MR) is 47.9 cm³/mol. The van der Waals surface area contributed by atoms with Gasteiger partial charge in [-0.1, -0.05) is 20.8 Å². The first-order valence-electron chi connectivity index (χ1n) is 3.55. The third-order valence-corrected chi connectivity index (χ3v) is 2.22. The average molecular weight is 158 g/mol.